The van der Waals surface area contributed by atoms with Crippen molar-refractivity contribution in [3.63, 3.8) is 0 Å². The summed E-state index contributed by atoms with van der Waals surface area (Å²) >= 11 is 9.51. The zero-order valence-electron chi connectivity index (χ0n) is 13.3. The second-order valence-electron chi connectivity index (χ2n) is 5.59. The van der Waals surface area contributed by atoms with Gasteiger partial charge in [-0.1, -0.05) is 0 Å². The van der Waals surface area contributed by atoms with Crippen LogP contribution in [0.2, 0.25) is 5.28 Å². The van der Waals surface area contributed by atoms with Crippen molar-refractivity contribution in [1.82, 2.24) is 24.6 Å². The molecular weight excluding hydrogens is 413 g/mol. The van der Waals surface area contributed by atoms with Crippen LogP contribution in [0.1, 0.15) is 18.2 Å². The lowest BCUT2D eigenvalue weighted by atomic mass is 10.1. The predicted molar refractivity (Wildman–Crippen MR) is 97.3 cm³/mol. The minimum absolute atomic E-state index is 0.0868. The number of nitrogens with zero attached hydrogens (tertiary/aromatic N) is 5. The van der Waals surface area contributed by atoms with Crippen LogP contribution < -0.4 is 11.1 Å². The molecular formula is C15H16BrClFN7. The number of fused-ring (bicyclic) bond motifs is 1. The zero-order chi connectivity index (χ0) is 18.0. The van der Waals surface area contributed by atoms with Gasteiger partial charge in [0.1, 0.15) is 22.6 Å². The van der Waals surface area contributed by atoms with Crippen molar-refractivity contribution in [2.45, 2.75) is 32.1 Å². The Bertz CT molecular complexity index is 871. The minimum atomic E-state index is -1.11. The van der Waals surface area contributed by atoms with Crippen molar-refractivity contribution in [3.05, 3.63) is 45.8 Å². The maximum atomic E-state index is 13.4. The molecule has 0 amide bonds. The predicted octanol–water partition coefficient (Wildman–Crippen LogP) is 2.78. The van der Waals surface area contributed by atoms with Crippen LogP contribution in [-0.2, 0) is 13.0 Å². The Morgan fingerprint density at radius 2 is 2.28 bits per heavy atom. The molecule has 0 fully saturated rings. The Morgan fingerprint density at radius 3 is 2.96 bits per heavy atom. The van der Waals surface area contributed by atoms with Crippen molar-refractivity contribution in [2.24, 2.45) is 5.73 Å². The van der Waals surface area contributed by atoms with Crippen molar-refractivity contribution in [1.29, 1.82) is 0 Å². The van der Waals surface area contributed by atoms with Gasteiger partial charge in [0.25, 0.3) is 0 Å². The molecule has 0 unspecified atom stereocenters. The van der Waals surface area contributed by atoms with E-state index in [-0.39, 0.29) is 5.28 Å². The molecule has 0 aromatic carbocycles. The largest absolute Gasteiger partial charge is 0.363 e. The van der Waals surface area contributed by atoms with Crippen LogP contribution in [0.3, 0.4) is 0 Å². The highest BCUT2D eigenvalue weighted by atomic mass is 79.9. The molecule has 3 N–H and O–H groups in total. The van der Waals surface area contributed by atoms with E-state index in [0.717, 1.165) is 11.3 Å². The van der Waals surface area contributed by atoms with Crippen LogP contribution in [0.5, 0.6) is 0 Å². The highest BCUT2D eigenvalue weighted by molar-refractivity contribution is 9.10. The standard InChI is InChI=1S/C15H16BrClFN7/c1-8(18)11(19)4-9-5-12-14(21-6-10-2-3-20-7-22-10)23-15(17)24-25(12)13(9)16/h2-3,5,7-8,11H,4,6,19H2,1H3,(H,21,23,24)/t8-,11+/m0/s1. The maximum Gasteiger partial charge on any atom is 0.243 e. The summed E-state index contributed by atoms with van der Waals surface area (Å²) in [7, 11) is 0. The first-order chi connectivity index (χ1) is 12.0. The van der Waals surface area contributed by atoms with E-state index in [1.165, 1.54) is 13.3 Å². The number of rotatable bonds is 6. The molecule has 3 rings (SSSR count). The smallest absolute Gasteiger partial charge is 0.243 e. The first-order valence-corrected chi connectivity index (χ1v) is 8.75. The van der Waals surface area contributed by atoms with Crippen LogP contribution >= 0.6 is 27.5 Å². The number of aromatic nitrogens is 5. The second-order valence-corrected chi connectivity index (χ2v) is 6.68. The summed E-state index contributed by atoms with van der Waals surface area (Å²) in [5, 5.41) is 7.46. The van der Waals surface area contributed by atoms with Gasteiger partial charge in [-0.25, -0.2) is 18.9 Å². The normalized spacial score (nSPS) is 13.8. The average molecular weight is 429 g/mol. The molecule has 0 aliphatic carbocycles. The van der Waals surface area contributed by atoms with Crippen molar-refractivity contribution >= 4 is 38.9 Å². The Kier molecular flexibility index (Phi) is 5.45. The summed E-state index contributed by atoms with van der Waals surface area (Å²) in [6.45, 7) is 1.89. The summed E-state index contributed by atoms with van der Waals surface area (Å²) in [6.07, 6.45) is 2.40. The van der Waals surface area contributed by atoms with Gasteiger partial charge in [-0.15, -0.1) is 5.10 Å². The summed E-state index contributed by atoms with van der Waals surface area (Å²) in [5.74, 6) is 0.549. The van der Waals surface area contributed by atoms with E-state index in [1.54, 1.807) is 16.8 Å². The van der Waals surface area contributed by atoms with E-state index in [0.29, 0.717) is 28.9 Å². The molecule has 3 aromatic rings. The Morgan fingerprint density at radius 1 is 1.48 bits per heavy atom. The van der Waals surface area contributed by atoms with Crippen LogP contribution in [0.4, 0.5) is 10.2 Å². The highest BCUT2D eigenvalue weighted by Crippen LogP contribution is 2.28. The lowest BCUT2D eigenvalue weighted by Gasteiger charge is -2.11. The van der Waals surface area contributed by atoms with E-state index in [9.17, 15) is 4.39 Å². The lowest BCUT2D eigenvalue weighted by molar-refractivity contribution is 0.304. The molecule has 3 aromatic heterocycles. The first kappa shape index (κ1) is 18.0. The van der Waals surface area contributed by atoms with Gasteiger partial charge < -0.3 is 11.1 Å². The average Bonchev–Trinajstić information content (AvgIpc) is 2.90. The maximum absolute atomic E-state index is 13.4. The molecule has 132 valence electrons. The third-order valence-electron chi connectivity index (χ3n) is 3.75. The van der Waals surface area contributed by atoms with Gasteiger partial charge in [0.2, 0.25) is 5.28 Å². The number of hydrogen-bond donors (Lipinski definition) is 2. The lowest BCUT2D eigenvalue weighted by Crippen LogP contribution is -2.31. The fraction of sp³-hybridized carbons (Fsp3) is 0.333. The van der Waals surface area contributed by atoms with Crippen LogP contribution in [0.25, 0.3) is 5.52 Å². The monoisotopic (exact) mass is 427 g/mol. The number of halogens is 3. The molecule has 0 aliphatic rings. The van der Waals surface area contributed by atoms with Gasteiger partial charge >= 0.3 is 0 Å². The fourth-order valence-electron chi connectivity index (χ4n) is 2.33. The summed E-state index contributed by atoms with van der Waals surface area (Å²) in [4.78, 5) is 12.3. The summed E-state index contributed by atoms with van der Waals surface area (Å²) < 4.78 is 15.7. The van der Waals surface area contributed by atoms with Gasteiger partial charge in [0, 0.05) is 12.2 Å². The fourth-order valence-corrected chi connectivity index (χ4v) is 3.04. The van der Waals surface area contributed by atoms with Gasteiger partial charge in [-0.05, 0) is 58.6 Å². The number of anilines is 1. The second kappa shape index (κ2) is 7.59. The Labute approximate surface area is 157 Å². The van der Waals surface area contributed by atoms with Crippen LogP contribution in [-0.4, -0.2) is 36.8 Å². The van der Waals surface area contributed by atoms with Gasteiger partial charge in [-0.3, -0.25) is 0 Å². The van der Waals surface area contributed by atoms with E-state index >= 15 is 0 Å². The topological polar surface area (TPSA) is 94.0 Å². The number of alkyl halides is 1. The molecule has 0 saturated heterocycles. The molecule has 25 heavy (non-hydrogen) atoms. The number of nitrogens with two attached hydrogens (primary N) is 1. The van der Waals surface area contributed by atoms with Crippen molar-refractivity contribution in [2.75, 3.05) is 5.32 Å². The molecule has 0 radical (unpaired) electrons. The van der Waals surface area contributed by atoms with Gasteiger partial charge in [-0.2, -0.15) is 4.98 Å². The third kappa shape index (κ3) is 4.05. The minimum Gasteiger partial charge on any atom is -0.363 e. The van der Waals surface area contributed by atoms with E-state index in [2.05, 4.69) is 41.3 Å². The number of nitrogens with one attached hydrogen (secondary N) is 1. The van der Waals surface area contributed by atoms with E-state index in [1.807, 2.05) is 6.07 Å². The summed E-state index contributed by atoms with van der Waals surface area (Å²) in [6, 6.07) is 3.06. The Balaban J connectivity index is 1.92. The molecule has 0 saturated carbocycles. The Hall–Kier alpha value is -1.84. The molecule has 3 heterocycles. The van der Waals surface area contributed by atoms with Crippen molar-refractivity contribution in [3.8, 4) is 0 Å². The number of hydrogen-bond acceptors (Lipinski definition) is 6. The SMILES string of the molecule is C[C@H](F)[C@H](N)Cc1cc2c(NCc3ccncn3)nc(Cl)nn2c1Br. The molecule has 0 aliphatic heterocycles. The van der Waals surface area contributed by atoms with Gasteiger partial charge in [0.05, 0.1) is 12.2 Å². The highest BCUT2D eigenvalue weighted by Gasteiger charge is 2.19. The van der Waals surface area contributed by atoms with Crippen LogP contribution in [0, 0.1) is 0 Å². The van der Waals surface area contributed by atoms with E-state index in [4.69, 9.17) is 17.3 Å². The molecule has 2 atom stereocenters. The third-order valence-corrected chi connectivity index (χ3v) is 4.75. The molecule has 10 heteroatoms. The molecule has 0 spiro atoms. The molecule has 7 nitrogen and oxygen atoms in total. The van der Waals surface area contributed by atoms with Gasteiger partial charge in [0.15, 0.2) is 5.82 Å². The molecule has 0 bridgehead atoms. The first-order valence-electron chi connectivity index (χ1n) is 7.57. The van der Waals surface area contributed by atoms with Crippen molar-refractivity contribution < 1.29 is 4.39 Å². The quantitative estimate of drug-likeness (QED) is 0.627. The zero-order valence-corrected chi connectivity index (χ0v) is 15.7. The van der Waals surface area contributed by atoms with Crippen LogP contribution in [0.15, 0.2) is 29.3 Å². The van der Waals surface area contributed by atoms with E-state index < -0.39 is 12.2 Å². The summed E-state index contributed by atoms with van der Waals surface area (Å²) in [5.41, 5.74) is 8.19.